The first-order valence-electron chi connectivity index (χ1n) is 7.58. The molecule has 1 amide bonds. The van der Waals surface area contributed by atoms with E-state index in [4.69, 9.17) is 4.74 Å². The number of methoxy groups -OCH3 is 1. The van der Waals surface area contributed by atoms with Crippen LogP contribution < -0.4 is 26.1 Å². The van der Waals surface area contributed by atoms with Gasteiger partial charge in [-0.3, -0.25) is 15.5 Å². The number of anilines is 1. The van der Waals surface area contributed by atoms with Gasteiger partial charge >= 0.3 is 0 Å². The van der Waals surface area contributed by atoms with Crippen LogP contribution in [0.15, 0.2) is 24.3 Å². The fourth-order valence-corrected chi connectivity index (χ4v) is 3.00. The molecule has 1 aromatic carbocycles. The number of hydrogen-bond donors (Lipinski definition) is 4. The maximum atomic E-state index is 12.3. The summed E-state index contributed by atoms with van der Waals surface area (Å²) in [6.07, 6.45) is -0.368. The van der Waals surface area contributed by atoms with Gasteiger partial charge in [0.1, 0.15) is 5.75 Å². The van der Waals surface area contributed by atoms with Crippen LogP contribution in [0.25, 0.3) is 0 Å². The number of hydrogen-bond acceptors (Lipinski definition) is 6. The first-order valence-corrected chi connectivity index (χ1v) is 7.58. The summed E-state index contributed by atoms with van der Waals surface area (Å²) in [6.45, 7) is 4.86. The molecule has 2 heterocycles. The van der Waals surface area contributed by atoms with Crippen LogP contribution in [0.2, 0.25) is 0 Å². The van der Waals surface area contributed by atoms with E-state index < -0.39 is 0 Å². The van der Waals surface area contributed by atoms with Crippen molar-refractivity contribution in [1.29, 1.82) is 0 Å². The zero-order valence-corrected chi connectivity index (χ0v) is 13.1. The molecule has 3 rings (SSSR count). The van der Waals surface area contributed by atoms with E-state index in [0.717, 1.165) is 11.4 Å². The number of nitrogens with one attached hydrogen (secondary N) is 4. The fourth-order valence-electron chi connectivity index (χ4n) is 3.00. The van der Waals surface area contributed by atoms with E-state index in [9.17, 15) is 4.79 Å². The average molecular weight is 305 g/mol. The number of rotatable bonds is 4. The molecule has 7 nitrogen and oxygen atoms in total. The summed E-state index contributed by atoms with van der Waals surface area (Å²) >= 11 is 0. The van der Waals surface area contributed by atoms with Crippen molar-refractivity contribution in [2.24, 2.45) is 5.92 Å². The van der Waals surface area contributed by atoms with E-state index in [1.807, 2.05) is 24.3 Å². The minimum absolute atomic E-state index is 0.0269. The van der Waals surface area contributed by atoms with Gasteiger partial charge in [0.15, 0.2) is 6.29 Å². The number of para-hydroxylation sites is 2. The van der Waals surface area contributed by atoms with E-state index in [0.29, 0.717) is 12.6 Å². The maximum absolute atomic E-state index is 12.3. The van der Waals surface area contributed by atoms with Crippen molar-refractivity contribution in [3.63, 3.8) is 0 Å². The largest absolute Gasteiger partial charge is 0.495 e. The van der Waals surface area contributed by atoms with Gasteiger partial charge in [-0.2, -0.15) is 0 Å². The number of carbonyl (C=O) groups excluding carboxylic acids is 1. The third-order valence-electron chi connectivity index (χ3n) is 4.10. The molecular formula is C15H23N5O2. The smallest absolute Gasteiger partial charge is 0.230 e. The molecule has 1 aromatic rings. The van der Waals surface area contributed by atoms with Gasteiger partial charge < -0.3 is 15.4 Å². The fraction of sp³-hybridized carbons (Fsp3) is 0.533. The highest BCUT2D eigenvalue weighted by atomic mass is 16.5. The summed E-state index contributed by atoms with van der Waals surface area (Å²) in [6, 6.07) is 7.95. The Morgan fingerprint density at radius 1 is 1.36 bits per heavy atom. The van der Waals surface area contributed by atoms with Crippen molar-refractivity contribution in [3.05, 3.63) is 24.3 Å². The number of amides is 1. The first-order chi connectivity index (χ1) is 10.6. The van der Waals surface area contributed by atoms with Crippen LogP contribution in [0.1, 0.15) is 13.8 Å². The Morgan fingerprint density at radius 3 is 2.86 bits per heavy atom. The van der Waals surface area contributed by atoms with E-state index >= 15 is 0 Å². The molecule has 0 saturated carbocycles. The molecule has 2 fully saturated rings. The molecule has 2 aliphatic rings. The molecular weight excluding hydrogens is 282 g/mol. The Hall–Kier alpha value is -1.83. The quantitative estimate of drug-likeness (QED) is 0.640. The van der Waals surface area contributed by atoms with E-state index in [1.165, 1.54) is 0 Å². The third-order valence-corrected chi connectivity index (χ3v) is 4.10. The van der Waals surface area contributed by atoms with Gasteiger partial charge in [0.05, 0.1) is 24.9 Å². The number of ether oxygens (including phenoxy) is 1. The van der Waals surface area contributed by atoms with Gasteiger partial charge in [-0.05, 0) is 26.0 Å². The molecule has 4 N–H and O–H groups in total. The van der Waals surface area contributed by atoms with Gasteiger partial charge in [-0.15, -0.1) is 0 Å². The number of benzene rings is 1. The molecule has 22 heavy (non-hydrogen) atoms. The highest BCUT2D eigenvalue weighted by Gasteiger charge is 2.44. The van der Waals surface area contributed by atoms with Crippen LogP contribution >= 0.6 is 0 Å². The van der Waals surface area contributed by atoms with Gasteiger partial charge in [0.2, 0.25) is 5.91 Å². The number of carbonyl (C=O) groups is 1. The van der Waals surface area contributed by atoms with Crippen molar-refractivity contribution in [2.75, 3.05) is 19.0 Å². The summed E-state index contributed by atoms with van der Waals surface area (Å²) in [5, 5.41) is 11.8. The standard InChI is InChI=1S/C15H23N5O2/c1-9(2)20-13-10(8-16-20)14(21)19-15(18-13)17-11-6-4-5-7-12(11)22-3/h4-7,9-10,13,15-18H,8H2,1-3H3,(H,19,21). The topological polar surface area (TPSA) is 77.7 Å². The normalized spacial score (nSPS) is 28.4. The predicted molar refractivity (Wildman–Crippen MR) is 83.9 cm³/mol. The van der Waals surface area contributed by atoms with Crippen molar-refractivity contribution in [2.45, 2.75) is 32.3 Å². The van der Waals surface area contributed by atoms with Gasteiger partial charge in [-0.25, -0.2) is 5.01 Å². The van der Waals surface area contributed by atoms with Crippen LogP contribution in [0.4, 0.5) is 5.69 Å². The van der Waals surface area contributed by atoms with Crippen molar-refractivity contribution in [1.82, 2.24) is 21.1 Å². The van der Waals surface area contributed by atoms with Crippen LogP contribution in [0.3, 0.4) is 0 Å². The van der Waals surface area contributed by atoms with Gasteiger partial charge in [-0.1, -0.05) is 12.1 Å². The summed E-state index contributed by atoms with van der Waals surface area (Å²) in [4.78, 5) is 12.3. The second-order valence-electron chi connectivity index (χ2n) is 5.87. The molecule has 7 heteroatoms. The van der Waals surface area contributed by atoms with Gasteiger partial charge in [0, 0.05) is 12.6 Å². The second-order valence-corrected chi connectivity index (χ2v) is 5.87. The van der Waals surface area contributed by atoms with Crippen molar-refractivity contribution in [3.8, 4) is 5.75 Å². The average Bonchev–Trinajstić information content (AvgIpc) is 2.92. The minimum atomic E-state index is -0.341. The highest BCUT2D eigenvalue weighted by molar-refractivity contribution is 5.81. The maximum Gasteiger partial charge on any atom is 0.230 e. The zero-order valence-electron chi connectivity index (χ0n) is 13.1. The van der Waals surface area contributed by atoms with Crippen molar-refractivity contribution >= 4 is 11.6 Å². The lowest BCUT2D eigenvalue weighted by Gasteiger charge is -2.38. The molecule has 0 radical (unpaired) electrons. The Bertz CT molecular complexity index is 550. The zero-order chi connectivity index (χ0) is 15.7. The SMILES string of the molecule is COc1ccccc1NC1NC(=O)C2CNN(C(C)C)C2N1. The third kappa shape index (κ3) is 2.75. The molecule has 0 aromatic heterocycles. The van der Waals surface area contributed by atoms with Crippen LogP contribution in [-0.2, 0) is 4.79 Å². The van der Waals surface area contributed by atoms with Crippen LogP contribution in [-0.4, -0.2) is 43.1 Å². The summed E-state index contributed by atoms with van der Waals surface area (Å²) in [5.41, 5.74) is 4.13. The molecule has 0 spiro atoms. The molecule has 0 aliphatic carbocycles. The molecule has 3 unspecified atom stereocenters. The monoisotopic (exact) mass is 305 g/mol. The lowest BCUT2D eigenvalue weighted by atomic mass is 10.0. The highest BCUT2D eigenvalue weighted by Crippen LogP contribution is 2.25. The van der Waals surface area contributed by atoms with E-state index in [2.05, 4.69) is 40.2 Å². The van der Waals surface area contributed by atoms with Gasteiger partial charge in [0.25, 0.3) is 0 Å². The van der Waals surface area contributed by atoms with Crippen LogP contribution in [0.5, 0.6) is 5.75 Å². The summed E-state index contributed by atoms with van der Waals surface area (Å²) in [5.74, 6) is 0.704. The Morgan fingerprint density at radius 2 is 2.14 bits per heavy atom. The predicted octanol–water partition coefficient (Wildman–Crippen LogP) is 0.281. The second kappa shape index (κ2) is 6.12. The molecule has 2 saturated heterocycles. The molecule has 120 valence electrons. The number of nitrogens with zero attached hydrogens (tertiary/aromatic N) is 1. The number of fused-ring (bicyclic) bond motifs is 1. The molecule has 2 aliphatic heterocycles. The van der Waals surface area contributed by atoms with Crippen molar-refractivity contribution < 1.29 is 9.53 Å². The first kappa shape index (κ1) is 15.1. The molecule has 3 atom stereocenters. The van der Waals surface area contributed by atoms with E-state index in [-0.39, 0.29) is 24.3 Å². The number of hydrazine groups is 1. The molecule has 0 bridgehead atoms. The van der Waals surface area contributed by atoms with Crippen LogP contribution in [0, 0.1) is 5.92 Å². The summed E-state index contributed by atoms with van der Waals surface area (Å²) < 4.78 is 5.33. The lowest BCUT2D eigenvalue weighted by Crippen LogP contribution is -2.67. The van der Waals surface area contributed by atoms with E-state index in [1.54, 1.807) is 7.11 Å². The Balaban J connectivity index is 1.74. The summed E-state index contributed by atoms with van der Waals surface area (Å²) in [7, 11) is 1.63. The lowest BCUT2D eigenvalue weighted by molar-refractivity contribution is -0.129. The Labute approximate surface area is 130 Å². The minimum Gasteiger partial charge on any atom is -0.495 e. The Kier molecular flexibility index (Phi) is 4.19.